The van der Waals surface area contributed by atoms with E-state index in [2.05, 4.69) is 24.5 Å². The van der Waals surface area contributed by atoms with Gasteiger partial charge >= 0.3 is 0 Å². The number of nitrogens with zero attached hydrogens (tertiary/aromatic N) is 1. The van der Waals surface area contributed by atoms with Crippen molar-refractivity contribution in [2.45, 2.75) is 58.5 Å². The van der Waals surface area contributed by atoms with Gasteiger partial charge in [-0.25, -0.2) is 0 Å². The van der Waals surface area contributed by atoms with E-state index < -0.39 is 12.2 Å². The molecule has 0 aliphatic heterocycles. The van der Waals surface area contributed by atoms with Gasteiger partial charge in [0, 0.05) is 43.3 Å². The van der Waals surface area contributed by atoms with Crippen LogP contribution in [0.2, 0.25) is 0 Å². The highest BCUT2D eigenvalue weighted by Crippen LogP contribution is 2.27. The molecule has 0 spiro atoms. The molecule has 146 valence electrons. The molecule has 1 aromatic carbocycles. The van der Waals surface area contributed by atoms with Crippen molar-refractivity contribution in [3.05, 3.63) is 30.5 Å². The van der Waals surface area contributed by atoms with Crippen molar-refractivity contribution in [2.24, 2.45) is 0 Å². The second kappa shape index (κ2) is 9.92. The molecule has 0 saturated carbocycles. The number of fused-ring (bicyclic) bond motifs is 1. The quantitative estimate of drug-likeness (QED) is 0.489. The molecule has 1 aromatic heterocycles. The van der Waals surface area contributed by atoms with Gasteiger partial charge < -0.3 is 30.2 Å². The second-order valence-corrected chi connectivity index (χ2v) is 7.40. The minimum atomic E-state index is -0.557. The summed E-state index contributed by atoms with van der Waals surface area (Å²) in [6, 6.07) is 8.53. The zero-order chi connectivity index (χ0) is 19.1. The minimum absolute atomic E-state index is 0.241. The molecular formula is C20H33N3O3. The Kier molecular flexibility index (Phi) is 7.90. The van der Waals surface area contributed by atoms with Crippen LogP contribution in [0.25, 0.3) is 10.9 Å². The Morgan fingerprint density at radius 3 is 2.27 bits per heavy atom. The van der Waals surface area contributed by atoms with E-state index in [1.165, 1.54) is 0 Å². The molecule has 0 aliphatic rings. The van der Waals surface area contributed by atoms with Crippen molar-refractivity contribution in [3.8, 4) is 5.75 Å². The van der Waals surface area contributed by atoms with Crippen LogP contribution in [0.4, 0.5) is 0 Å². The zero-order valence-corrected chi connectivity index (χ0v) is 16.3. The van der Waals surface area contributed by atoms with Crippen molar-refractivity contribution in [1.82, 2.24) is 15.2 Å². The van der Waals surface area contributed by atoms with Crippen LogP contribution in [0.15, 0.2) is 30.5 Å². The summed E-state index contributed by atoms with van der Waals surface area (Å²) in [5, 5.41) is 27.7. The largest absolute Gasteiger partial charge is 0.490 e. The summed E-state index contributed by atoms with van der Waals surface area (Å²) in [6.07, 6.45) is 0.951. The smallest absolute Gasteiger partial charge is 0.128 e. The molecule has 4 N–H and O–H groups in total. The molecule has 0 saturated heterocycles. The van der Waals surface area contributed by atoms with Crippen LogP contribution >= 0.6 is 0 Å². The molecule has 1 heterocycles. The molecule has 26 heavy (non-hydrogen) atoms. The first kappa shape index (κ1) is 20.7. The number of nitrogens with one attached hydrogen (secondary N) is 2. The molecule has 0 amide bonds. The number of hydrogen-bond donors (Lipinski definition) is 4. The fourth-order valence-corrected chi connectivity index (χ4v) is 2.76. The van der Waals surface area contributed by atoms with Crippen molar-refractivity contribution >= 4 is 10.9 Å². The first-order valence-corrected chi connectivity index (χ1v) is 9.40. The first-order valence-electron chi connectivity index (χ1n) is 9.40. The van der Waals surface area contributed by atoms with E-state index in [9.17, 15) is 10.2 Å². The van der Waals surface area contributed by atoms with Crippen LogP contribution in [-0.4, -0.2) is 58.8 Å². The van der Waals surface area contributed by atoms with E-state index in [-0.39, 0.29) is 6.61 Å². The average Bonchev–Trinajstić information content (AvgIpc) is 2.99. The molecule has 2 rings (SSSR count). The van der Waals surface area contributed by atoms with E-state index in [0.717, 1.165) is 16.7 Å². The normalized spacial score (nSPS) is 14.3. The summed E-state index contributed by atoms with van der Waals surface area (Å²) in [5.74, 6) is 0.750. The fraction of sp³-hybridized carbons (Fsp3) is 0.600. The van der Waals surface area contributed by atoms with Crippen LogP contribution in [0.5, 0.6) is 5.75 Å². The van der Waals surface area contributed by atoms with Crippen molar-refractivity contribution in [3.63, 3.8) is 0 Å². The fourth-order valence-electron chi connectivity index (χ4n) is 2.76. The molecule has 0 radical (unpaired) electrons. The van der Waals surface area contributed by atoms with Gasteiger partial charge in [0.25, 0.3) is 0 Å². The average molecular weight is 364 g/mol. The SMILES string of the molecule is CC(C)NCC(O)COc1cccc2c1ccn2CC(O)CNC(C)C. The third-order valence-electron chi connectivity index (χ3n) is 4.14. The van der Waals surface area contributed by atoms with Gasteiger partial charge in [0.1, 0.15) is 18.5 Å². The van der Waals surface area contributed by atoms with Crippen LogP contribution in [0.3, 0.4) is 0 Å². The first-order chi connectivity index (χ1) is 12.4. The second-order valence-electron chi connectivity index (χ2n) is 7.40. The predicted molar refractivity (Wildman–Crippen MR) is 106 cm³/mol. The highest BCUT2D eigenvalue weighted by Gasteiger charge is 2.12. The lowest BCUT2D eigenvalue weighted by Crippen LogP contribution is -2.35. The number of rotatable bonds is 11. The molecule has 0 fully saturated rings. The van der Waals surface area contributed by atoms with Gasteiger partial charge in [0.05, 0.1) is 11.6 Å². The molecular weight excluding hydrogens is 330 g/mol. The lowest BCUT2D eigenvalue weighted by atomic mass is 10.2. The lowest BCUT2D eigenvalue weighted by molar-refractivity contribution is 0.105. The lowest BCUT2D eigenvalue weighted by Gasteiger charge is -2.16. The Labute approximate surface area is 156 Å². The highest BCUT2D eigenvalue weighted by molar-refractivity contribution is 5.86. The van der Waals surface area contributed by atoms with Crippen LogP contribution in [0.1, 0.15) is 27.7 Å². The van der Waals surface area contributed by atoms with E-state index >= 15 is 0 Å². The maximum atomic E-state index is 10.2. The molecule has 2 aromatic rings. The van der Waals surface area contributed by atoms with Gasteiger partial charge in [-0.1, -0.05) is 33.8 Å². The molecule has 2 unspecified atom stereocenters. The van der Waals surface area contributed by atoms with Gasteiger partial charge in [-0.2, -0.15) is 0 Å². The van der Waals surface area contributed by atoms with Crippen molar-refractivity contribution in [1.29, 1.82) is 0 Å². The maximum Gasteiger partial charge on any atom is 0.128 e. The highest BCUT2D eigenvalue weighted by atomic mass is 16.5. The van der Waals surface area contributed by atoms with Gasteiger partial charge in [-0.05, 0) is 18.2 Å². The van der Waals surface area contributed by atoms with E-state index in [1.807, 2.05) is 48.9 Å². The van der Waals surface area contributed by atoms with Crippen LogP contribution in [0, 0.1) is 0 Å². The summed E-state index contributed by atoms with van der Waals surface area (Å²) in [4.78, 5) is 0. The maximum absolute atomic E-state index is 10.2. The Bertz CT molecular complexity index is 669. The summed E-state index contributed by atoms with van der Waals surface area (Å²) in [5.41, 5.74) is 1.01. The number of ether oxygens (including phenoxy) is 1. The van der Waals surface area contributed by atoms with Crippen LogP contribution < -0.4 is 15.4 Å². The standard InChI is InChI=1S/C20H33N3O3/c1-14(2)21-10-16(24)12-23-9-8-18-19(23)6-5-7-20(18)26-13-17(25)11-22-15(3)4/h5-9,14-17,21-22,24-25H,10-13H2,1-4H3. The van der Waals surface area contributed by atoms with Gasteiger partial charge in [0.2, 0.25) is 0 Å². The van der Waals surface area contributed by atoms with Crippen LogP contribution in [-0.2, 0) is 6.54 Å². The minimum Gasteiger partial charge on any atom is -0.490 e. The third kappa shape index (κ3) is 6.29. The number of aliphatic hydroxyl groups is 2. The van der Waals surface area contributed by atoms with Gasteiger partial charge in [-0.3, -0.25) is 0 Å². The topological polar surface area (TPSA) is 78.7 Å². The zero-order valence-electron chi connectivity index (χ0n) is 16.3. The van der Waals surface area contributed by atoms with Gasteiger partial charge in [0.15, 0.2) is 0 Å². The van der Waals surface area contributed by atoms with E-state index in [1.54, 1.807) is 0 Å². The van der Waals surface area contributed by atoms with Crippen molar-refractivity contribution in [2.75, 3.05) is 19.7 Å². The molecule has 6 nitrogen and oxygen atoms in total. The summed E-state index contributed by atoms with van der Waals surface area (Å²) in [7, 11) is 0. The number of aliphatic hydroxyl groups excluding tert-OH is 2. The summed E-state index contributed by atoms with van der Waals surface area (Å²) in [6.45, 7) is 10.0. The Morgan fingerprint density at radius 2 is 1.62 bits per heavy atom. The molecule has 6 heteroatoms. The summed E-state index contributed by atoms with van der Waals surface area (Å²) >= 11 is 0. The van der Waals surface area contributed by atoms with E-state index in [0.29, 0.717) is 31.7 Å². The Morgan fingerprint density at radius 1 is 0.962 bits per heavy atom. The number of hydrogen-bond acceptors (Lipinski definition) is 5. The Balaban J connectivity index is 1.99. The monoisotopic (exact) mass is 363 g/mol. The number of aromatic nitrogens is 1. The summed E-state index contributed by atoms with van der Waals surface area (Å²) < 4.78 is 7.87. The van der Waals surface area contributed by atoms with E-state index in [4.69, 9.17) is 4.74 Å². The molecule has 0 bridgehead atoms. The number of benzene rings is 1. The molecule has 2 atom stereocenters. The predicted octanol–water partition coefficient (Wildman–Crippen LogP) is 1.74. The van der Waals surface area contributed by atoms with Gasteiger partial charge in [-0.15, -0.1) is 0 Å². The third-order valence-corrected chi connectivity index (χ3v) is 4.14. The Hall–Kier alpha value is -1.60. The van der Waals surface area contributed by atoms with Crippen molar-refractivity contribution < 1.29 is 14.9 Å². The molecule has 0 aliphatic carbocycles.